The van der Waals surface area contributed by atoms with E-state index in [9.17, 15) is 19.3 Å². The number of carbonyl (C=O) groups is 1. The smallest absolute Gasteiger partial charge is 0.342 e. The first-order valence-corrected chi connectivity index (χ1v) is 4.82. The number of nitro benzene ring substituents is 1. The van der Waals surface area contributed by atoms with E-state index < -0.39 is 28.0 Å². The summed E-state index contributed by atoms with van der Waals surface area (Å²) in [6.07, 6.45) is 0. The molecule has 18 heavy (non-hydrogen) atoms. The third-order valence-corrected chi connectivity index (χ3v) is 2.00. The summed E-state index contributed by atoms with van der Waals surface area (Å²) in [4.78, 5) is 20.5. The van der Waals surface area contributed by atoms with Gasteiger partial charge < -0.3 is 10.4 Å². The predicted octanol–water partition coefficient (Wildman–Crippen LogP) is 1.00. The van der Waals surface area contributed by atoms with Crippen LogP contribution < -0.4 is 5.32 Å². The lowest BCUT2D eigenvalue weighted by Crippen LogP contribution is -2.06. The molecule has 0 aromatic heterocycles. The maximum absolute atomic E-state index is 13.5. The number of hydrogen-bond donors (Lipinski definition) is 2. The quantitative estimate of drug-likeness (QED) is 0.475. The zero-order chi connectivity index (χ0) is 13.7. The summed E-state index contributed by atoms with van der Waals surface area (Å²) in [6.45, 7) is 0.286. The lowest BCUT2D eigenvalue weighted by Gasteiger charge is -2.00. The lowest BCUT2D eigenvalue weighted by molar-refractivity contribution is -0.385. The van der Waals surface area contributed by atoms with Crippen LogP contribution in [0.1, 0.15) is 15.9 Å². The van der Waals surface area contributed by atoms with E-state index in [4.69, 9.17) is 5.11 Å². The van der Waals surface area contributed by atoms with Crippen LogP contribution in [0.5, 0.6) is 0 Å². The number of halogens is 1. The van der Waals surface area contributed by atoms with Crippen molar-refractivity contribution in [2.24, 2.45) is 0 Å². The number of benzene rings is 1. The van der Waals surface area contributed by atoms with E-state index in [0.29, 0.717) is 6.07 Å². The number of carboxylic acid groups (broad SMARTS) is 1. The third-order valence-electron chi connectivity index (χ3n) is 2.00. The van der Waals surface area contributed by atoms with Crippen LogP contribution in [0.15, 0.2) is 12.1 Å². The molecule has 0 aliphatic carbocycles. The molecule has 7 heteroatoms. The summed E-state index contributed by atoms with van der Waals surface area (Å²) in [5, 5.41) is 22.1. The fourth-order valence-corrected chi connectivity index (χ4v) is 1.21. The van der Waals surface area contributed by atoms with Crippen LogP contribution in [0, 0.1) is 27.8 Å². The lowest BCUT2D eigenvalue weighted by atomic mass is 10.1. The van der Waals surface area contributed by atoms with Crippen molar-refractivity contribution >= 4 is 11.7 Å². The van der Waals surface area contributed by atoms with Crippen LogP contribution >= 0.6 is 0 Å². The average Bonchev–Trinajstić information content (AvgIpc) is 2.30. The Morgan fingerprint density at radius 1 is 1.61 bits per heavy atom. The highest BCUT2D eigenvalue weighted by molar-refractivity contribution is 5.92. The minimum absolute atomic E-state index is 0.207. The first-order chi connectivity index (χ1) is 8.47. The highest BCUT2D eigenvalue weighted by atomic mass is 19.1. The molecule has 0 saturated carbocycles. The molecule has 0 saturated heterocycles. The molecule has 0 aliphatic heterocycles. The summed E-state index contributed by atoms with van der Waals surface area (Å²) < 4.78 is 13.5. The second-order valence-corrected chi connectivity index (χ2v) is 3.24. The number of carboxylic acids is 1. The monoisotopic (exact) mass is 252 g/mol. The van der Waals surface area contributed by atoms with Crippen molar-refractivity contribution in [3.05, 3.63) is 39.2 Å². The van der Waals surface area contributed by atoms with E-state index in [0.717, 1.165) is 6.07 Å². The first kappa shape index (κ1) is 13.6. The molecule has 0 amide bonds. The number of nitrogens with zero attached hydrogens (tertiary/aromatic N) is 1. The van der Waals surface area contributed by atoms with Gasteiger partial charge in [-0.25, -0.2) is 9.18 Å². The van der Waals surface area contributed by atoms with Gasteiger partial charge in [-0.2, -0.15) is 0 Å². The van der Waals surface area contributed by atoms with Crippen molar-refractivity contribution in [3.63, 3.8) is 0 Å². The number of hydrogen-bond acceptors (Lipinski definition) is 4. The molecule has 0 spiro atoms. The summed E-state index contributed by atoms with van der Waals surface area (Å²) >= 11 is 0. The van der Waals surface area contributed by atoms with Crippen molar-refractivity contribution in [3.8, 4) is 11.8 Å². The van der Waals surface area contributed by atoms with Crippen molar-refractivity contribution in [2.75, 3.05) is 13.6 Å². The topological polar surface area (TPSA) is 92.5 Å². The molecule has 0 atom stereocenters. The van der Waals surface area contributed by atoms with E-state index in [2.05, 4.69) is 17.2 Å². The van der Waals surface area contributed by atoms with Gasteiger partial charge in [-0.05, 0) is 13.1 Å². The average molecular weight is 252 g/mol. The van der Waals surface area contributed by atoms with Gasteiger partial charge in [0, 0.05) is 6.07 Å². The number of nitrogens with one attached hydrogen (secondary N) is 1. The second kappa shape index (κ2) is 5.75. The number of aromatic carboxylic acids is 1. The Hall–Kier alpha value is -2.46. The largest absolute Gasteiger partial charge is 0.477 e. The van der Waals surface area contributed by atoms with Gasteiger partial charge in [0.2, 0.25) is 0 Å². The van der Waals surface area contributed by atoms with E-state index >= 15 is 0 Å². The molecule has 0 fully saturated rings. The van der Waals surface area contributed by atoms with Gasteiger partial charge in [-0.15, -0.1) is 0 Å². The molecule has 1 rings (SSSR count). The maximum Gasteiger partial charge on any atom is 0.342 e. The molecule has 1 aromatic carbocycles. The summed E-state index contributed by atoms with van der Waals surface area (Å²) in [5.74, 6) is 2.47. The normalized spacial score (nSPS) is 9.44. The molecule has 0 heterocycles. The van der Waals surface area contributed by atoms with Gasteiger partial charge in [-0.3, -0.25) is 10.1 Å². The molecular formula is C11H9FN2O4. The minimum atomic E-state index is -1.56. The van der Waals surface area contributed by atoms with Crippen molar-refractivity contribution in [1.82, 2.24) is 5.32 Å². The minimum Gasteiger partial charge on any atom is -0.477 e. The van der Waals surface area contributed by atoms with Crippen molar-refractivity contribution < 1.29 is 19.2 Å². The SMILES string of the molecule is CNCC#Cc1cc([N+](=O)[O-])c(C(=O)O)cc1F. The molecule has 0 radical (unpaired) electrons. The molecule has 0 bridgehead atoms. The molecule has 0 aliphatic rings. The Morgan fingerprint density at radius 3 is 2.78 bits per heavy atom. The molecule has 2 N–H and O–H groups in total. The Bertz CT molecular complexity index is 560. The summed E-state index contributed by atoms with van der Waals surface area (Å²) in [7, 11) is 1.64. The fraction of sp³-hybridized carbons (Fsp3) is 0.182. The standard InChI is InChI=1S/C11H9FN2O4/c1-13-4-2-3-7-5-10(14(17)18)8(11(15)16)6-9(7)12/h5-6,13H,4H2,1H3,(H,15,16). The van der Waals surface area contributed by atoms with Crippen molar-refractivity contribution in [2.45, 2.75) is 0 Å². The van der Waals surface area contributed by atoms with Crippen molar-refractivity contribution in [1.29, 1.82) is 0 Å². The molecular weight excluding hydrogens is 243 g/mol. The van der Waals surface area contributed by atoms with Gasteiger partial charge in [0.1, 0.15) is 11.4 Å². The maximum atomic E-state index is 13.5. The van der Waals surface area contributed by atoms with Gasteiger partial charge in [0.15, 0.2) is 0 Å². The number of rotatable bonds is 3. The van der Waals surface area contributed by atoms with E-state index in [-0.39, 0.29) is 12.1 Å². The van der Waals surface area contributed by atoms with Gasteiger partial charge >= 0.3 is 5.97 Å². The van der Waals surface area contributed by atoms with Crippen LogP contribution in [0.25, 0.3) is 0 Å². The van der Waals surface area contributed by atoms with Crippen LogP contribution in [-0.4, -0.2) is 29.6 Å². The van der Waals surface area contributed by atoms with E-state index in [1.807, 2.05) is 0 Å². The second-order valence-electron chi connectivity index (χ2n) is 3.24. The van der Waals surface area contributed by atoms with Crippen LogP contribution in [-0.2, 0) is 0 Å². The molecule has 1 aromatic rings. The van der Waals surface area contributed by atoms with Crippen LogP contribution in [0.3, 0.4) is 0 Å². The molecule has 94 valence electrons. The zero-order valence-electron chi connectivity index (χ0n) is 9.36. The Morgan fingerprint density at radius 2 is 2.28 bits per heavy atom. The van der Waals surface area contributed by atoms with E-state index in [1.54, 1.807) is 7.05 Å². The van der Waals surface area contributed by atoms with Gasteiger partial charge in [-0.1, -0.05) is 11.8 Å². The highest BCUT2D eigenvalue weighted by Crippen LogP contribution is 2.22. The summed E-state index contributed by atoms with van der Waals surface area (Å²) in [5.41, 5.74) is -1.59. The zero-order valence-corrected chi connectivity index (χ0v) is 9.36. The summed E-state index contributed by atoms with van der Waals surface area (Å²) in [6, 6.07) is 1.42. The Kier molecular flexibility index (Phi) is 4.34. The van der Waals surface area contributed by atoms with E-state index in [1.165, 1.54) is 0 Å². The Balaban J connectivity index is 3.33. The fourth-order valence-electron chi connectivity index (χ4n) is 1.21. The predicted molar refractivity (Wildman–Crippen MR) is 60.8 cm³/mol. The Labute approximate surface area is 102 Å². The number of nitro groups is 1. The van der Waals surface area contributed by atoms with Crippen LogP contribution in [0.2, 0.25) is 0 Å². The van der Waals surface area contributed by atoms with Gasteiger partial charge in [0.25, 0.3) is 5.69 Å². The molecule has 0 unspecified atom stereocenters. The highest BCUT2D eigenvalue weighted by Gasteiger charge is 2.22. The third kappa shape index (κ3) is 3.02. The van der Waals surface area contributed by atoms with Crippen LogP contribution in [0.4, 0.5) is 10.1 Å². The van der Waals surface area contributed by atoms with Gasteiger partial charge in [0.05, 0.1) is 17.0 Å². The first-order valence-electron chi connectivity index (χ1n) is 4.82. The molecule has 6 nitrogen and oxygen atoms in total.